The number of rotatable bonds is 4. The Bertz CT molecular complexity index is 237. The molecule has 0 saturated carbocycles. The first-order valence-electron chi connectivity index (χ1n) is 5.12. The van der Waals surface area contributed by atoms with Gasteiger partial charge in [0.1, 0.15) is 0 Å². The van der Waals surface area contributed by atoms with Crippen LogP contribution < -0.4 is 0 Å². The summed E-state index contributed by atoms with van der Waals surface area (Å²) in [6.07, 6.45) is 7.75. The van der Waals surface area contributed by atoms with Gasteiger partial charge in [0.15, 0.2) is 0 Å². The number of hydrogen-bond acceptors (Lipinski definition) is 1. The van der Waals surface area contributed by atoms with E-state index in [0.717, 1.165) is 12.1 Å². The summed E-state index contributed by atoms with van der Waals surface area (Å²) in [5.74, 6) is 0. The van der Waals surface area contributed by atoms with Crippen LogP contribution in [-0.4, -0.2) is 24.5 Å². The van der Waals surface area contributed by atoms with Gasteiger partial charge in [0.25, 0.3) is 0 Å². The lowest BCUT2D eigenvalue weighted by Crippen LogP contribution is -2.31. The van der Waals surface area contributed by atoms with E-state index in [4.69, 9.17) is 11.6 Å². The van der Waals surface area contributed by atoms with E-state index >= 15 is 0 Å². The smallest absolute Gasteiger partial charge is 0.0337 e. The van der Waals surface area contributed by atoms with Crippen LogP contribution in [0.1, 0.15) is 19.3 Å². The van der Waals surface area contributed by atoms with Crippen LogP contribution in [0.15, 0.2) is 35.9 Å². The third-order valence-corrected chi connectivity index (χ3v) is 2.57. The van der Waals surface area contributed by atoms with Crippen LogP contribution in [0.4, 0.5) is 0 Å². The normalized spacial score (nSPS) is 19.4. The fourth-order valence-electron chi connectivity index (χ4n) is 1.75. The molecule has 0 unspecified atom stereocenters. The van der Waals surface area contributed by atoms with Gasteiger partial charge in [-0.2, -0.15) is 0 Å². The molecule has 0 amide bonds. The largest absolute Gasteiger partial charge is 0.299 e. The number of hydrogen-bond donors (Lipinski definition) is 0. The molecule has 1 aliphatic rings. The fourth-order valence-corrected chi connectivity index (χ4v) is 1.89. The summed E-state index contributed by atoms with van der Waals surface area (Å²) in [5.41, 5.74) is 1.16. The van der Waals surface area contributed by atoms with Gasteiger partial charge in [-0.3, -0.25) is 4.90 Å². The number of likely N-dealkylation sites (tertiary alicyclic amines) is 1. The molecule has 0 radical (unpaired) electrons. The summed E-state index contributed by atoms with van der Waals surface area (Å²) in [5, 5.41) is 0.580. The Morgan fingerprint density at radius 1 is 1.29 bits per heavy atom. The highest BCUT2D eigenvalue weighted by atomic mass is 35.5. The van der Waals surface area contributed by atoms with E-state index in [1.54, 1.807) is 0 Å². The maximum absolute atomic E-state index is 5.73. The molecule has 1 rings (SSSR count). The molecule has 0 aromatic carbocycles. The van der Waals surface area contributed by atoms with Gasteiger partial charge in [-0.1, -0.05) is 37.3 Å². The van der Waals surface area contributed by atoms with Crippen LogP contribution in [0.25, 0.3) is 0 Å². The second-order valence-corrected chi connectivity index (χ2v) is 4.19. The van der Waals surface area contributed by atoms with Gasteiger partial charge in [0.2, 0.25) is 0 Å². The lowest BCUT2D eigenvalue weighted by Gasteiger charge is -2.26. The molecule has 1 heterocycles. The van der Waals surface area contributed by atoms with Crippen molar-refractivity contribution in [3.05, 3.63) is 35.9 Å². The van der Waals surface area contributed by atoms with E-state index in [1.807, 2.05) is 12.2 Å². The second kappa shape index (κ2) is 6.05. The summed E-state index contributed by atoms with van der Waals surface area (Å²) in [6, 6.07) is 0. The molecule has 0 bridgehead atoms. The molecule has 0 atom stereocenters. The lowest BCUT2D eigenvalue weighted by atomic mass is 10.1. The minimum atomic E-state index is 0.580. The van der Waals surface area contributed by atoms with Gasteiger partial charge in [-0.05, 0) is 37.6 Å². The van der Waals surface area contributed by atoms with E-state index in [0.29, 0.717) is 5.03 Å². The van der Waals surface area contributed by atoms with E-state index in [9.17, 15) is 0 Å². The summed E-state index contributed by atoms with van der Waals surface area (Å²) in [7, 11) is 0. The Morgan fingerprint density at radius 2 is 1.93 bits per heavy atom. The number of nitrogens with zero attached hydrogens (tertiary/aromatic N) is 1. The van der Waals surface area contributed by atoms with E-state index < -0.39 is 0 Å². The average Bonchev–Trinajstić information content (AvgIpc) is 2.17. The summed E-state index contributed by atoms with van der Waals surface area (Å²) in [4.78, 5) is 2.44. The lowest BCUT2D eigenvalue weighted by molar-refractivity contribution is 0.248. The molecule has 1 saturated heterocycles. The van der Waals surface area contributed by atoms with Crippen molar-refractivity contribution in [3.63, 3.8) is 0 Å². The van der Waals surface area contributed by atoms with Gasteiger partial charge in [-0.15, -0.1) is 0 Å². The Morgan fingerprint density at radius 3 is 2.43 bits per heavy atom. The highest BCUT2D eigenvalue weighted by Gasteiger charge is 2.10. The fraction of sp³-hybridized carbons (Fsp3) is 0.500. The Labute approximate surface area is 91.7 Å². The van der Waals surface area contributed by atoms with Crippen molar-refractivity contribution >= 4 is 11.6 Å². The maximum atomic E-state index is 5.73. The zero-order chi connectivity index (χ0) is 10.4. The first-order chi connectivity index (χ1) is 6.72. The van der Waals surface area contributed by atoms with E-state index in [1.165, 1.54) is 32.4 Å². The zero-order valence-corrected chi connectivity index (χ0v) is 9.39. The molecular weight excluding hydrogens is 194 g/mol. The Balaban J connectivity index is 2.46. The monoisotopic (exact) mass is 211 g/mol. The van der Waals surface area contributed by atoms with Crippen LogP contribution in [0, 0.1) is 0 Å². The first-order valence-corrected chi connectivity index (χ1v) is 5.50. The molecule has 0 aliphatic carbocycles. The van der Waals surface area contributed by atoms with Gasteiger partial charge in [-0.25, -0.2) is 0 Å². The summed E-state index contributed by atoms with van der Waals surface area (Å²) >= 11 is 5.73. The molecule has 1 fully saturated rings. The summed E-state index contributed by atoms with van der Waals surface area (Å²) < 4.78 is 0. The van der Waals surface area contributed by atoms with Gasteiger partial charge < -0.3 is 0 Å². The average molecular weight is 212 g/mol. The second-order valence-electron chi connectivity index (χ2n) is 3.71. The minimum absolute atomic E-state index is 0.580. The maximum Gasteiger partial charge on any atom is 0.0337 e. The van der Waals surface area contributed by atoms with Crippen molar-refractivity contribution in [2.24, 2.45) is 0 Å². The molecule has 1 aliphatic heterocycles. The number of allylic oxidation sites excluding steroid dienone is 2. The van der Waals surface area contributed by atoms with E-state index in [-0.39, 0.29) is 0 Å². The first kappa shape index (κ1) is 11.5. The summed E-state index contributed by atoms with van der Waals surface area (Å²) in [6.45, 7) is 10.8. The molecule has 0 aromatic heterocycles. The van der Waals surface area contributed by atoms with Crippen molar-refractivity contribution in [2.75, 3.05) is 19.6 Å². The molecule has 78 valence electrons. The SMILES string of the molecule is C=C/C(=C\C(=C)Cl)CN1CCCCC1. The topological polar surface area (TPSA) is 3.24 Å². The Kier molecular flexibility index (Phi) is 4.99. The third-order valence-electron chi connectivity index (χ3n) is 2.46. The highest BCUT2D eigenvalue weighted by Crippen LogP contribution is 2.13. The predicted octanol–water partition coefficient (Wildman–Crippen LogP) is 3.34. The van der Waals surface area contributed by atoms with Gasteiger partial charge >= 0.3 is 0 Å². The molecule has 14 heavy (non-hydrogen) atoms. The van der Waals surface area contributed by atoms with Crippen LogP contribution in [0.3, 0.4) is 0 Å². The van der Waals surface area contributed by atoms with Crippen LogP contribution in [0.5, 0.6) is 0 Å². The third kappa shape index (κ3) is 4.12. The minimum Gasteiger partial charge on any atom is -0.299 e. The quantitative estimate of drug-likeness (QED) is 0.645. The van der Waals surface area contributed by atoms with Crippen molar-refractivity contribution < 1.29 is 0 Å². The number of piperidine rings is 1. The van der Waals surface area contributed by atoms with Gasteiger partial charge in [0, 0.05) is 11.6 Å². The van der Waals surface area contributed by atoms with Crippen molar-refractivity contribution in [1.82, 2.24) is 4.90 Å². The van der Waals surface area contributed by atoms with Gasteiger partial charge in [0.05, 0.1) is 0 Å². The number of halogens is 1. The van der Waals surface area contributed by atoms with Crippen molar-refractivity contribution in [3.8, 4) is 0 Å². The Hall–Kier alpha value is -0.530. The molecule has 1 nitrogen and oxygen atoms in total. The van der Waals surface area contributed by atoms with E-state index in [2.05, 4.69) is 18.1 Å². The highest BCUT2D eigenvalue weighted by molar-refractivity contribution is 6.30. The standard InChI is InChI=1S/C12H18ClN/c1-3-12(9-11(2)13)10-14-7-5-4-6-8-14/h3,9H,1-2,4-8,10H2/b12-9+. The van der Waals surface area contributed by atoms with Crippen LogP contribution in [-0.2, 0) is 0 Å². The molecular formula is C12H18ClN. The molecule has 0 spiro atoms. The molecule has 0 N–H and O–H groups in total. The van der Waals surface area contributed by atoms with Crippen molar-refractivity contribution in [1.29, 1.82) is 0 Å². The zero-order valence-electron chi connectivity index (χ0n) is 8.64. The van der Waals surface area contributed by atoms with Crippen LogP contribution >= 0.6 is 11.6 Å². The predicted molar refractivity (Wildman–Crippen MR) is 63.6 cm³/mol. The molecule has 2 heteroatoms. The van der Waals surface area contributed by atoms with Crippen molar-refractivity contribution in [2.45, 2.75) is 19.3 Å². The van der Waals surface area contributed by atoms with Crippen LogP contribution in [0.2, 0.25) is 0 Å². The molecule has 0 aromatic rings.